The van der Waals surface area contributed by atoms with E-state index in [2.05, 4.69) is 4.74 Å². The molecule has 5 heteroatoms. The highest BCUT2D eigenvalue weighted by atomic mass is 16.7. The molecule has 1 aliphatic heterocycles. The minimum absolute atomic E-state index is 0.320. The molecule has 0 amide bonds. The van der Waals surface area contributed by atoms with Crippen molar-refractivity contribution in [2.24, 2.45) is 5.92 Å². The molecule has 1 atom stereocenters. The van der Waals surface area contributed by atoms with Gasteiger partial charge < -0.3 is 14.2 Å². The molecule has 1 saturated carbocycles. The minimum atomic E-state index is -0.764. The Morgan fingerprint density at radius 3 is 2.62 bits per heavy atom. The predicted molar refractivity (Wildman–Crippen MR) is 53.6 cm³/mol. The molecule has 90 valence electrons. The summed E-state index contributed by atoms with van der Waals surface area (Å²) in [6.45, 7) is 1.14. The Labute approximate surface area is 94.0 Å². The van der Waals surface area contributed by atoms with Crippen molar-refractivity contribution in [3.05, 3.63) is 0 Å². The van der Waals surface area contributed by atoms with E-state index in [9.17, 15) is 9.59 Å². The van der Waals surface area contributed by atoms with E-state index in [1.54, 1.807) is 0 Å². The number of methoxy groups -OCH3 is 1. The van der Waals surface area contributed by atoms with Gasteiger partial charge in [-0.2, -0.15) is 0 Å². The molecular weight excluding hydrogens is 212 g/mol. The maximum Gasteiger partial charge on any atom is 0.374 e. The summed E-state index contributed by atoms with van der Waals surface area (Å²) in [6, 6.07) is 0. The van der Waals surface area contributed by atoms with Gasteiger partial charge in [0.25, 0.3) is 0 Å². The van der Waals surface area contributed by atoms with Crippen LogP contribution in [0.15, 0.2) is 0 Å². The van der Waals surface area contributed by atoms with E-state index in [4.69, 9.17) is 9.47 Å². The van der Waals surface area contributed by atoms with Crippen LogP contribution >= 0.6 is 0 Å². The van der Waals surface area contributed by atoms with Gasteiger partial charge in [-0.05, 0) is 12.8 Å². The fraction of sp³-hybridized carbons (Fsp3) is 0.818. The third-order valence-corrected chi connectivity index (χ3v) is 3.24. The predicted octanol–water partition coefficient (Wildman–Crippen LogP) is 0.662. The number of rotatable bonds is 2. The van der Waals surface area contributed by atoms with Gasteiger partial charge in [0.2, 0.25) is 5.78 Å². The fourth-order valence-electron chi connectivity index (χ4n) is 2.45. The van der Waals surface area contributed by atoms with Crippen LogP contribution in [0.3, 0.4) is 0 Å². The molecule has 1 spiro atoms. The van der Waals surface area contributed by atoms with E-state index >= 15 is 0 Å². The van der Waals surface area contributed by atoms with Crippen molar-refractivity contribution in [3.8, 4) is 0 Å². The molecule has 0 aromatic heterocycles. The van der Waals surface area contributed by atoms with Gasteiger partial charge in [0.15, 0.2) is 5.79 Å². The third kappa shape index (κ3) is 2.10. The number of ketones is 1. The van der Waals surface area contributed by atoms with Crippen molar-refractivity contribution < 1.29 is 23.8 Å². The molecule has 5 nitrogen and oxygen atoms in total. The first-order valence-corrected chi connectivity index (χ1v) is 5.57. The van der Waals surface area contributed by atoms with E-state index in [0.717, 1.165) is 12.8 Å². The maximum absolute atomic E-state index is 11.7. The molecular formula is C11H16O5. The van der Waals surface area contributed by atoms with E-state index in [1.165, 1.54) is 7.11 Å². The van der Waals surface area contributed by atoms with Crippen LogP contribution in [0.2, 0.25) is 0 Å². The SMILES string of the molecule is COC(=O)C(=O)[C@@H]1CCCC2(C1)OCCO2. The summed E-state index contributed by atoms with van der Waals surface area (Å²) < 4.78 is 15.5. The summed E-state index contributed by atoms with van der Waals surface area (Å²) in [7, 11) is 1.22. The Kier molecular flexibility index (Phi) is 3.25. The first-order valence-electron chi connectivity index (χ1n) is 5.57. The summed E-state index contributed by atoms with van der Waals surface area (Å²) in [5.41, 5.74) is 0. The summed E-state index contributed by atoms with van der Waals surface area (Å²) in [4.78, 5) is 22.8. The molecule has 1 aliphatic carbocycles. The highest BCUT2D eigenvalue weighted by Crippen LogP contribution is 2.39. The Morgan fingerprint density at radius 1 is 1.31 bits per heavy atom. The Morgan fingerprint density at radius 2 is 2.00 bits per heavy atom. The van der Waals surface area contributed by atoms with Gasteiger partial charge in [0.05, 0.1) is 20.3 Å². The van der Waals surface area contributed by atoms with E-state index in [1.807, 2.05) is 0 Å². The topological polar surface area (TPSA) is 61.8 Å². The average molecular weight is 228 g/mol. The van der Waals surface area contributed by atoms with Gasteiger partial charge in [-0.1, -0.05) is 0 Å². The van der Waals surface area contributed by atoms with Crippen LogP contribution in [0.25, 0.3) is 0 Å². The lowest BCUT2D eigenvalue weighted by molar-refractivity contribution is -0.190. The molecule has 2 aliphatic rings. The van der Waals surface area contributed by atoms with Crippen LogP contribution in [0, 0.1) is 5.92 Å². The second-order valence-corrected chi connectivity index (χ2v) is 4.26. The number of esters is 1. The summed E-state index contributed by atoms with van der Waals surface area (Å²) >= 11 is 0. The zero-order valence-corrected chi connectivity index (χ0v) is 9.36. The molecule has 0 aromatic carbocycles. The van der Waals surface area contributed by atoms with E-state index < -0.39 is 17.5 Å². The average Bonchev–Trinajstić information content (AvgIpc) is 2.75. The van der Waals surface area contributed by atoms with Crippen molar-refractivity contribution in [3.63, 3.8) is 0 Å². The van der Waals surface area contributed by atoms with Crippen LogP contribution in [-0.2, 0) is 23.8 Å². The van der Waals surface area contributed by atoms with Gasteiger partial charge in [-0.3, -0.25) is 4.79 Å². The highest BCUT2D eigenvalue weighted by molar-refractivity contribution is 6.34. The summed E-state index contributed by atoms with van der Waals surface area (Å²) in [5, 5.41) is 0. The number of hydrogen-bond acceptors (Lipinski definition) is 5. The van der Waals surface area contributed by atoms with Crippen LogP contribution in [0.1, 0.15) is 25.7 Å². The third-order valence-electron chi connectivity index (χ3n) is 3.24. The Hall–Kier alpha value is -0.940. The number of Topliss-reactive ketones (excluding diaryl/α,β-unsaturated/α-hetero) is 1. The van der Waals surface area contributed by atoms with Gasteiger partial charge in [0, 0.05) is 18.8 Å². The van der Waals surface area contributed by atoms with Crippen molar-refractivity contribution in [2.45, 2.75) is 31.5 Å². The molecule has 0 N–H and O–H groups in total. The van der Waals surface area contributed by atoms with Gasteiger partial charge >= 0.3 is 5.97 Å². The lowest BCUT2D eigenvalue weighted by atomic mass is 9.82. The molecule has 0 radical (unpaired) electrons. The molecule has 1 saturated heterocycles. The highest BCUT2D eigenvalue weighted by Gasteiger charge is 2.44. The van der Waals surface area contributed by atoms with Crippen molar-refractivity contribution in [1.29, 1.82) is 0 Å². The van der Waals surface area contributed by atoms with Crippen LogP contribution < -0.4 is 0 Å². The molecule has 0 aromatic rings. The first-order chi connectivity index (χ1) is 7.67. The smallest absolute Gasteiger partial charge is 0.374 e. The largest absolute Gasteiger partial charge is 0.463 e. The Bertz CT molecular complexity index is 293. The lowest BCUT2D eigenvalue weighted by Gasteiger charge is -2.34. The standard InChI is InChI=1S/C11H16O5/c1-14-10(13)9(12)8-3-2-4-11(7-8)15-5-6-16-11/h8H,2-7H2,1H3/t8-/m1/s1. The second-order valence-electron chi connectivity index (χ2n) is 4.26. The van der Waals surface area contributed by atoms with Crippen LogP contribution in [0.5, 0.6) is 0 Å². The molecule has 0 unspecified atom stereocenters. The molecule has 16 heavy (non-hydrogen) atoms. The van der Waals surface area contributed by atoms with Crippen LogP contribution in [0.4, 0.5) is 0 Å². The molecule has 0 bridgehead atoms. The van der Waals surface area contributed by atoms with E-state index in [0.29, 0.717) is 26.1 Å². The number of carbonyl (C=O) groups is 2. The lowest BCUT2D eigenvalue weighted by Crippen LogP contribution is -2.40. The van der Waals surface area contributed by atoms with Gasteiger partial charge in [0.1, 0.15) is 0 Å². The van der Waals surface area contributed by atoms with Gasteiger partial charge in [-0.15, -0.1) is 0 Å². The Balaban J connectivity index is 2.01. The van der Waals surface area contributed by atoms with Crippen LogP contribution in [-0.4, -0.2) is 37.9 Å². The molecule has 2 fully saturated rings. The second kappa shape index (κ2) is 4.51. The monoisotopic (exact) mass is 228 g/mol. The zero-order valence-electron chi connectivity index (χ0n) is 9.36. The number of carbonyl (C=O) groups excluding carboxylic acids is 2. The first kappa shape index (κ1) is 11.5. The number of ether oxygens (including phenoxy) is 3. The van der Waals surface area contributed by atoms with Crippen molar-refractivity contribution in [2.75, 3.05) is 20.3 Å². The molecule has 2 rings (SSSR count). The zero-order chi connectivity index (χ0) is 11.6. The minimum Gasteiger partial charge on any atom is -0.463 e. The van der Waals surface area contributed by atoms with Gasteiger partial charge in [-0.25, -0.2) is 4.79 Å². The normalized spacial score (nSPS) is 27.9. The maximum atomic E-state index is 11.7. The van der Waals surface area contributed by atoms with E-state index in [-0.39, 0.29) is 5.92 Å². The fourth-order valence-corrected chi connectivity index (χ4v) is 2.45. The quantitative estimate of drug-likeness (QED) is 0.513. The summed E-state index contributed by atoms with van der Waals surface area (Å²) in [5.74, 6) is -2.16. The number of hydrogen-bond donors (Lipinski definition) is 0. The molecule has 1 heterocycles. The van der Waals surface area contributed by atoms with Crippen molar-refractivity contribution >= 4 is 11.8 Å². The summed E-state index contributed by atoms with van der Waals surface area (Å²) in [6.07, 6.45) is 2.83. The van der Waals surface area contributed by atoms with Crippen molar-refractivity contribution in [1.82, 2.24) is 0 Å².